The van der Waals surface area contributed by atoms with Crippen LogP contribution in [0.1, 0.15) is 29.8 Å². The van der Waals surface area contributed by atoms with Crippen LogP contribution in [0.15, 0.2) is 47.4 Å². The van der Waals surface area contributed by atoms with E-state index in [9.17, 15) is 9.50 Å². The molecule has 2 aromatic rings. The number of benzene rings is 2. The molecule has 0 aromatic heterocycles. The lowest BCUT2D eigenvalue weighted by Crippen LogP contribution is -2.19. The molecule has 0 aliphatic carbocycles. The van der Waals surface area contributed by atoms with Crippen molar-refractivity contribution in [3.8, 4) is 5.75 Å². The molecule has 1 heterocycles. The summed E-state index contributed by atoms with van der Waals surface area (Å²) in [6.07, 6.45) is 1.58. The first-order valence-electron chi connectivity index (χ1n) is 6.45. The summed E-state index contributed by atoms with van der Waals surface area (Å²) in [5, 5.41) is 10.2. The molecule has 0 spiro atoms. The van der Waals surface area contributed by atoms with Gasteiger partial charge in [0.15, 0.2) is 0 Å². The Labute approximate surface area is 121 Å². The van der Waals surface area contributed by atoms with E-state index >= 15 is 0 Å². The van der Waals surface area contributed by atoms with Gasteiger partial charge in [0.2, 0.25) is 0 Å². The molecule has 0 fully saturated rings. The zero-order chi connectivity index (χ0) is 14.1. The lowest BCUT2D eigenvalue weighted by molar-refractivity contribution is 0.0653. The van der Waals surface area contributed by atoms with E-state index in [1.54, 1.807) is 17.8 Å². The van der Waals surface area contributed by atoms with Crippen LogP contribution in [-0.4, -0.2) is 11.4 Å². The van der Waals surface area contributed by atoms with Gasteiger partial charge in [-0.3, -0.25) is 0 Å². The van der Waals surface area contributed by atoms with E-state index in [2.05, 4.69) is 0 Å². The van der Waals surface area contributed by atoms with Crippen molar-refractivity contribution < 1.29 is 14.2 Å². The van der Waals surface area contributed by atoms with Crippen LogP contribution in [0.5, 0.6) is 5.75 Å². The molecule has 1 N–H and O–H groups in total. The number of thioether (sulfide) groups is 1. The number of rotatable bonds is 2. The minimum atomic E-state index is -0.695. The summed E-state index contributed by atoms with van der Waals surface area (Å²) in [6.45, 7) is 0. The van der Waals surface area contributed by atoms with Crippen LogP contribution >= 0.6 is 11.8 Å². The molecule has 0 bridgehead atoms. The van der Waals surface area contributed by atoms with Crippen molar-refractivity contribution in [2.75, 3.05) is 6.26 Å². The molecule has 2 nitrogen and oxygen atoms in total. The highest BCUT2D eigenvalue weighted by molar-refractivity contribution is 7.98. The molecular weight excluding hydrogens is 275 g/mol. The van der Waals surface area contributed by atoms with Gasteiger partial charge >= 0.3 is 0 Å². The van der Waals surface area contributed by atoms with Crippen molar-refractivity contribution in [1.29, 1.82) is 0 Å². The fourth-order valence-electron chi connectivity index (χ4n) is 2.44. The number of ether oxygens (including phenoxy) is 1. The Morgan fingerprint density at radius 3 is 2.65 bits per heavy atom. The molecule has 1 unspecified atom stereocenters. The average molecular weight is 290 g/mol. The number of hydrogen-bond donors (Lipinski definition) is 1. The van der Waals surface area contributed by atoms with Crippen molar-refractivity contribution >= 4 is 11.8 Å². The van der Waals surface area contributed by atoms with Crippen molar-refractivity contribution in [1.82, 2.24) is 0 Å². The molecule has 104 valence electrons. The molecule has 0 saturated carbocycles. The van der Waals surface area contributed by atoms with E-state index < -0.39 is 6.10 Å². The predicted octanol–water partition coefficient (Wildman–Crippen LogP) is 4.10. The molecule has 0 radical (unpaired) electrons. The molecular formula is C16H15FO2S. The van der Waals surface area contributed by atoms with Gasteiger partial charge in [-0.05, 0) is 42.2 Å². The van der Waals surface area contributed by atoms with Crippen LogP contribution in [0, 0.1) is 5.82 Å². The Bertz CT molecular complexity index is 612. The molecule has 20 heavy (non-hydrogen) atoms. The molecule has 2 atom stereocenters. The minimum Gasteiger partial charge on any atom is -0.485 e. The molecule has 0 amide bonds. The summed E-state index contributed by atoms with van der Waals surface area (Å²) >= 11 is 1.68. The van der Waals surface area contributed by atoms with E-state index in [0.29, 0.717) is 17.7 Å². The second-order valence-corrected chi connectivity index (χ2v) is 5.69. The van der Waals surface area contributed by atoms with Gasteiger partial charge in [-0.15, -0.1) is 11.8 Å². The number of halogens is 1. The monoisotopic (exact) mass is 290 g/mol. The summed E-state index contributed by atoms with van der Waals surface area (Å²) in [5.41, 5.74) is 1.55. The van der Waals surface area contributed by atoms with Gasteiger partial charge in [0.1, 0.15) is 17.7 Å². The van der Waals surface area contributed by atoms with E-state index in [1.807, 2.05) is 30.5 Å². The van der Waals surface area contributed by atoms with Crippen LogP contribution in [0.25, 0.3) is 0 Å². The van der Waals surface area contributed by atoms with Gasteiger partial charge < -0.3 is 9.84 Å². The van der Waals surface area contributed by atoms with Crippen LogP contribution < -0.4 is 4.74 Å². The van der Waals surface area contributed by atoms with Crippen LogP contribution in [0.4, 0.5) is 4.39 Å². The minimum absolute atomic E-state index is 0.195. The topological polar surface area (TPSA) is 29.5 Å². The Hall–Kier alpha value is -1.52. The predicted molar refractivity (Wildman–Crippen MR) is 77.6 cm³/mol. The first kappa shape index (κ1) is 13.5. The van der Waals surface area contributed by atoms with Crippen molar-refractivity contribution in [3.63, 3.8) is 0 Å². The fourth-order valence-corrected chi connectivity index (χ4v) is 2.85. The van der Waals surface area contributed by atoms with Gasteiger partial charge in [-0.2, -0.15) is 0 Å². The van der Waals surface area contributed by atoms with Gasteiger partial charge in [-0.25, -0.2) is 4.39 Å². The quantitative estimate of drug-likeness (QED) is 0.844. The van der Waals surface area contributed by atoms with E-state index in [4.69, 9.17) is 4.74 Å². The molecule has 2 aromatic carbocycles. The smallest absolute Gasteiger partial charge is 0.127 e. The summed E-state index contributed by atoms with van der Waals surface area (Å²) in [6, 6.07) is 12.4. The number of aliphatic hydroxyl groups is 1. The maximum absolute atomic E-state index is 13.2. The van der Waals surface area contributed by atoms with Crippen LogP contribution in [-0.2, 0) is 0 Å². The highest BCUT2D eigenvalue weighted by atomic mass is 32.2. The summed E-state index contributed by atoms with van der Waals surface area (Å²) in [4.78, 5) is 1.19. The third kappa shape index (κ3) is 2.53. The highest BCUT2D eigenvalue weighted by Crippen LogP contribution is 2.41. The molecule has 0 saturated heterocycles. The van der Waals surface area contributed by atoms with E-state index in [0.717, 1.165) is 5.56 Å². The van der Waals surface area contributed by atoms with E-state index in [-0.39, 0.29) is 11.9 Å². The molecule has 3 rings (SSSR count). The third-order valence-corrected chi connectivity index (χ3v) is 4.27. The zero-order valence-corrected chi connectivity index (χ0v) is 11.9. The highest BCUT2D eigenvalue weighted by Gasteiger charge is 2.28. The number of fused-ring (bicyclic) bond motifs is 1. The first-order chi connectivity index (χ1) is 9.67. The summed E-state index contributed by atoms with van der Waals surface area (Å²) in [5.74, 6) is 0.207. The second-order valence-electron chi connectivity index (χ2n) is 4.81. The summed E-state index contributed by atoms with van der Waals surface area (Å²) < 4.78 is 19.1. The number of aliphatic hydroxyl groups excluding tert-OH is 1. The third-order valence-electron chi connectivity index (χ3n) is 3.52. The van der Waals surface area contributed by atoms with Crippen LogP contribution in [0.2, 0.25) is 0 Å². The molecule has 4 heteroatoms. The van der Waals surface area contributed by atoms with Gasteiger partial charge in [-0.1, -0.05) is 12.1 Å². The van der Waals surface area contributed by atoms with E-state index in [1.165, 1.54) is 17.0 Å². The zero-order valence-electron chi connectivity index (χ0n) is 11.0. The van der Waals surface area contributed by atoms with Crippen LogP contribution in [0.3, 0.4) is 0 Å². The normalized spacial score (nSPS) is 21.1. The maximum Gasteiger partial charge on any atom is 0.127 e. The lowest BCUT2D eigenvalue weighted by Gasteiger charge is -2.30. The van der Waals surface area contributed by atoms with Gasteiger partial charge in [0, 0.05) is 16.9 Å². The number of hydrogen-bond acceptors (Lipinski definition) is 3. The maximum atomic E-state index is 13.2. The standard InChI is InChI=1S/C16H15FO2S/c1-20-12-5-2-10(3-6-12)16-9-14(18)13-8-11(17)4-7-15(13)19-16/h2-8,14,16,18H,9H2,1H3/t14-,16?/m1/s1. The van der Waals surface area contributed by atoms with Crippen molar-refractivity contribution in [3.05, 3.63) is 59.4 Å². The SMILES string of the molecule is CSc1ccc(C2C[C@@H](O)c3cc(F)ccc3O2)cc1. The lowest BCUT2D eigenvalue weighted by atomic mass is 9.95. The Balaban J connectivity index is 1.88. The Morgan fingerprint density at radius 1 is 1.20 bits per heavy atom. The Morgan fingerprint density at radius 2 is 1.95 bits per heavy atom. The molecule has 1 aliphatic heterocycles. The van der Waals surface area contributed by atoms with Gasteiger partial charge in [0.25, 0.3) is 0 Å². The Kier molecular flexibility index (Phi) is 3.68. The first-order valence-corrected chi connectivity index (χ1v) is 7.68. The second kappa shape index (κ2) is 5.46. The molecule has 1 aliphatic rings. The summed E-state index contributed by atoms with van der Waals surface area (Å²) in [7, 11) is 0. The van der Waals surface area contributed by atoms with Gasteiger partial charge in [0.05, 0.1) is 6.10 Å². The van der Waals surface area contributed by atoms with Crippen molar-refractivity contribution in [2.24, 2.45) is 0 Å². The average Bonchev–Trinajstić information content (AvgIpc) is 2.48. The fraction of sp³-hybridized carbons (Fsp3) is 0.250. The largest absolute Gasteiger partial charge is 0.485 e. The van der Waals surface area contributed by atoms with Crippen molar-refractivity contribution in [2.45, 2.75) is 23.5 Å².